The van der Waals surface area contributed by atoms with Gasteiger partial charge in [-0.2, -0.15) is 0 Å². The van der Waals surface area contributed by atoms with Gasteiger partial charge in [-0.1, -0.05) is 35.5 Å². The third-order valence-corrected chi connectivity index (χ3v) is 2.43. The molecule has 0 bridgehead atoms. The number of hydrogen-bond acceptors (Lipinski definition) is 4. The average Bonchev–Trinajstić information content (AvgIpc) is 2.46. The Morgan fingerprint density at radius 1 is 0.895 bits per heavy atom. The molecule has 0 spiro atoms. The van der Waals surface area contributed by atoms with Gasteiger partial charge in [0.1, 0.15) is 24.7 Å². The Labute approximate surface area is 111 Å². The molecule has 0 saturated carbocycles. The molecule has 0 aliphatic heterocycles. The Morgan fingerprint density at radius 2 is 1.58 bits per heavy atom. The fourth-order valence-corrected chi connectivity index (χ4v) is 1.59. The molecule has 4 nitrogen and oxygen atoms in total. The second kappa shape index (κ2) is 7.06. The van der Waals surface area contributed by atoms with Crippen molar-refractivity contribution in [2.45, 2.75) is 0 Å². The Kier molecular flexibility index (Phi) is 4.81. The maximum absolute atomic E-state index is 8.46. The fourth-order valence-electron chi connectivity index (χ4n) is 1.59. The Bertz CT molecular complexity index is 526. The molecule has 0 amide bonds. The standard InChI is InChI=1S/C15H15NO3/c17-16-12-13-5-4-8-15(11-13)19-10-9-18-14-6-2-1-3-7-14/h1-8,11-12,17H,9-10H2/b16-12+. The van der Waals surface area contributed by atoms with Crippen LogP contribution in [0.2, 0.25) is 0 Å². The van der Waals surface area contributed by atoms with Gasteiger partial charge in [-0.3, -0.25) is 0 Å². The number of nitrogens with zero attached hydrogens (tertiary/aromatic N) is 1. The smallest absolute Gasteiger partial charge is 0.122 e. The Morgan fingerprint density at radius 3 is 2.32 bits per heavy atom. The zero-order valence-electron chi connectivity index (χ0n) is 10.4. The van der Waals surface area contributed by atoms with E-state index in [0.717, 1.165) is 11.3 Å². The summed E-state index contributed by atoms with van der Waals surface area (Å²) in [7, 11) is 0. The summed E-state index contributed by atoms with van der Waals surface area (Å²) in [6, 6.07) is 16.9. The lowest BCUT2D eigenvalue weighted by Gasteiger charge is -2.08. The monoisotopic (exact) mass is 257 g/mol. The van der Waals surface area contributed by atoms with Gasteiger partial charge in [0.05, 0.1) is 6.21 Å². The Hall–Kier alpha value is -2.49. The highest BCUT2D eigenvalue weighted by atomic mass is 16.5. The van der Waals surface area contributed by atoms with Crippen molar-refractivity contribution in [1.29, 1.82) is 0 Å². The van der Waals surface area contributed by atoms with Gasteiger partial charge in [-0.25, -0.2) is 0 Å². The first kappa shape index (κ1) is 13.0. The first-order valence-electron chi connectivity index (χ1n) is 5.96. The molecule has 2 aromatic carbocycles. The lowest BCUT2D eigenvalue weighted by atomic mass is 10.2. The molecular formula is C15H15NO3. The van der Waals surface area contributed by atoms with E-state index < -0.39 is 0 Å². The molecule has 2 aromatic rings. The largest absolute Gasteiger partial charge is 0.490 e. The lowest BCUT2D eigenvalue weighted by molar-refractivity contribution is 0.217. The van der Waals surface area contributed by atoms with Gasteiger partial charge in [-0.05, 0) is 29.8 Å². The number of benzene rings is 2. The van der Waals surface area contributed by atoms with E-state index in [9.17, 15) is 0 Å². The van der Waals surface area contributed by atoms with Crippen molar-refractivity contribution in [2.24, 2.45) is 5.16 Å². The van der Waals surface area contributed by atoms with Crippen molar-refractivity contribution in [3.05, 3.63) is 60.2 Å². The van der Waals surface area contributed by atoms with Gasteiger partial charge in [0, 0.05) is 0 Å². The molecule has 0 atom stereocenters. The highest BCUT2D eigenvalue weighted by molar-refractivity contribution is 5.79. The molecule has 0 saturated heterocycles. The zero-order valence-corrected chi connectivity index (χ0v) is 10.4. The van der Waals surface area contributed by atoms with Crippen LogP contribution in [0.5, 0.6) is 11.5 Å². The second-order valence-electron chi connectivity index (χ2n) is 3.83. The fraction of sp³-hybridized carbons (Fsp3) is 0.133. The van der Waals surface area contributed by atoms with Crippen LogP contribution in [-0.4, -0.2) is 24.6 Å². The molecule has 0 heterocycles. The Balaban J connectivity index is 1.78. The molecule has 0 aliphatic rings. The number of oxime groups is 1. The van der Waals surface area contributed by atoms with Crippen molar-refractivity contribution >= 4 is 6.21 Å². The summed E-state index contributed by atoms with van der Waals surface area (Å²) in [5.74, 6) is 1.54. The number of ether oxygens (including phenoxy) is 2. The summed E-state index contributed by atoms with van der Waals surface area (Å²) >= 11 is 0. The zero-order chi connectivity index (χ0) is 13.3. The third kappa shape index (κ3) is 4.35. The molecule has 1 N–H and O–H groups in total. The van der Waals surface area contributed by atoms with E-state index in [1.807, 2.05) is 48.5 Å². The molecule has 19 heavy (non-hydrogen) atoms. The van der Waals surface area contributed by atoms with Crippen molar-refractivity contribution < 1.29 is 14.7 Å². The summed E-state index contributed by atoms with van der Waals surface area (Å²) in [5.41, 5.74) is 0.781. The van der Waals surface area contributed by atoms with Crippen LogP contribution in [0, 0.1) is 0 Å². The molecule has 98 valence electrons. The van der Waals surface area contributed by atoms with Crippen LogP contribution in [-0.2, 0) is 0 Å². The SMILES string of the molecule is O/N=C/c1cccc(OCCOc2ccccc2)c1. The molecular weight excluding hydrogens is 242 g/mol. The summed E-state index contributed by atoms with van der Waals surface area (Å²) in [4.78, 5) is 0. The van der Waals surface area contributed by atoms with Gasteiger partial charge in [0.15, 0.2) is 0 Å². The topological polar surface area (TPSA) is 51.1 Å². The maximum atomic E-state index is 8.46. The summed E-state index contributed by atoms with van der Waals surface area (Å²) in [6.07, 6.45) is 1.35. The van der Waals surface area contributed by atoms with Crippen LogP contribution in [0.1, 0.15) is 5.56 Å². The number of hydrogen-bond donors (Lipinski definition) is 1. The first-order valence-corrected chi connectivity index (χ1v) is 5.96. The number of para-hydroxylation sites is 1. The van der Waals surface area contributed by atoms with E-state index in [1.165, 1.54) is 6.21 Å². The predicted octanol–water partition coefficient (Wildman–Crippen LogP) is 2.95. The van der Waals surface area contributed by atoms with Crippen LogP contribution in [0.15, 0.2) is 59.8 Å². The van der Waals surface area contributed by atoms with Crippen LogP contribution in [0.25, 0.3) is 0 Å². The van der Waals surface area contributed by atoms with Gasteiger partial charge in [0.2, 0.25) is 0 Å². The van der Waals surface area contributed by atoms with E-state index >= 15 is 0 Å². The molecule has 0 radical (unpaired) electrons. The van der Waals surface area contributed by atoms with E-state index in [4.69, 9.17) is 14.7 Å². The predicted molar refractivity (Wildman–Crippen MR) is 73.3 cm³/mol. The van der Waals surface area contributed by atoms with Crippen LogP contribution < -0.4 is 9.47 Å². The van der Waals surface area contributed by atoms with Gasteiger partial charge in [-0.15, -0.1) is 0 Å². The lowest BCUT2D eigenvalue weighted by Crippen LogP contribution is -2.08. The normalized spacial score (nSPS) is 10.5. The maximum Gasteiger partial charge on any atom is 0.122 e. The summed E-state index contributed by atoms with van der Waals surface area (Å²) < 4.78 is 11.1. The minimum absolute atomic E-state index is 0.453. The first-order chi connectivity index (χ1) is 9.38. The number of rotatable bonds is 6. The van der Waals surface area contributed by atoms with E-state index in [2.05, 4.69) is 5.16 Å². The molecule has 4 heteroatoms. The van der Waals surface area contributed by atoms with Gasteiger partial charge < -0.3 is 14.7 Å². The summed E-state index contributed by atoms with van der Waals surface area (Å²) in [5, 5.41) is 11.4. The van der Waals surface area contributed by atoms with E-state index in [0.29, 0.717) is 19.0 Å². The molecule has 0 aromatic heterocycles. The van der Waals surface area contributed by atoms with Gasteiger partial charge >= 0.3 is 0 Å². The second-order valence-corrected chi connectivity index (χ2v) is 3.83. The summed E-state index contributed by atoms with van der Waals surface area (Å²) in [6.45, 7) is 0.928. The van der Waals surface area contributed by atoms with Crippen molar-refractivity contribution in [3.63, 3.8) is 0 Å². The third-order valence-electron chi connectivity index (χ3n) is 2.43. The highest BCUT2D eigenvalue weighted by Crippen LogP contribution is 2.12. The minimum Gasteiger partial charge on any atom is -0.490 e. The van der Waals surface area contributed by atoms with Crippen LogP contribution in [0.4, 0.5) is 0 Å². The van der Waals surface area contributed by atoms with Gasteiger partial charge in [0.25, 0.3) is 0 Å². The minimum atomic E-state index is 0.453. The molecule has 0 aliphatic carbocycles. The van der Waals surface area contributed by atoms with Crippen molar-refractivity contribution in [3.8, 4) is 11.5 Å². The van der Waals surface area contributed by atoms with E-state index in [-0.39, 0.29) is 0 Å². The van der Waals surface area contributed by atoms with Crippen molar-refractivity contribution in [1.82, 2.24) is 0 Å². The molecule has 0 unspecified atom stereocenters. The quantitative estimate of drug-likeness (QED) is 0.374. The van der Waals surface area contributed by atoms with Crippen molar-refractivity contribution in [2.75, 3.05) is 13.2 Å². The highest BCUT2D eigenvalue weighted by Gasteiger charge is 1.96. The van der Waals surface area contributed by atoms with E-state index in [1.54, 1.807) is 6.07 Å². The van der Waals surface area contributed by atoms with Crippen LogP contribution >= 0.6 is 0 Å². The van der Waals surface area contributed by atoms with Crippen LogP contribution in [0.3, 0.4) is 0 Å². The average molecular weight is 257 g/mol. The molecule has 2 rings (SSSR count). The molecule has 0 fully saturated rings.